The van der Waals surface area contributed by atoms with Gasteiger partial charge in [0.25, 0.3) is 0 Å². The first-order valence-corrected chi connectivity index (χ1v) is 12.7. The Morgan fingerprint density at radius 1 is 0.750 bits per heavy atom. The fourth-order valence-corrected chi connectivity index (χ4v) is 6.65. The maximum Gasteiger partial charge on any atom is 0.124 e. The third-order valence-corrected chi connectivity index (χ3v) is 8.16. The molecule has 2 saturated heterocycles. The summed E-state index contributed by atoms with van der Waals surface area (Å²) in [6, 6.07) is 0.672. The van der Waals surface area contributed by atoms with Crippen LogP contribution in [0.4, 0.5) is 0 Å². The van der Waals surface area contributed by atoms with Crippen LogP contribution in [-0.4, -0.2) is 33.0 Å². The molecule has 0 aliphatic carbocycles. The molecular weight excluding hydrogens is 578 g/mol. The summed E-state index contributed by atoms with van der Waals surface area (Å²) in [6.07, 6.45) is 8.40. The number of rotatable bonds is 3. The summed E-state index contributed by atoms with van der Waals surface area (Å²) in [5.74, 6) is 14.3. The van der Waals surface area contributed by atoms with Gasteiger partial charge in [0.1, 0.15) is 17.3 Å². The molecule has 4 aromatic heterocycles. The highest BCUT2D eigenvalue weighted by Gasteiger charge is 2.21. The van der Waals surface area contributed by atoms with Gasteiger partial charge >= 0.3 is 0 Å². The average molecular weight is 604 g/mol. The molecule has 2 atom stereocenters. The molecule has 0 saturated carbocycles. The number of aromatic amines is 2. The van der Waals surface area contributed by atoms with Crippen LogP contribution in [0.15, 0.2) is 23.2 Å². The third kappa shape index (κ3) is 6.22. The number of nitrogens with one attached hydrogen (secondary N) is 4. The molecule has 0 radical (unpaired) electrons. The van der Waals surface area contributed by atoms with E-state index >= 15 is 0 Å². The van der Waals surface area contributed by atoms with Crippen molar-refractivity contribution in [3.63, 3.8) is 0 Å². The maximum absolute atomic E-state index is 4.62. The summed E-state index contributed by atoms with van der Waals surface area (Å²) >= 11 is 3.46. The van der Waals surface area contributed by atoms with Crippen molar-refractivity contribution in [1.82, 2.24) is 30.6 Å². The van der Waals surface area contributed by atoms with E-state index in [4.69, 9.17) is 0 Å². The summed E-state index contributed by atoms with van der Waals surface area (Å²) in [4.78, 5) is 15.9. The molecule has 4 aromatic rings. The van der Waals surface area contributed by atoms with Crippen LogP contribution in [0.25, 0.3) is 20.7 Å². The monoisotopic (exact) mass is 602 g/mol. The van der Waals surface area contributed by atoms with Gasteiger partial charge in [-0.15, -0.1) is 72.3 Å². The average Bonchev–Trinajstić information content (AvgIpc) is 3.64. The Morgan fingerprint density at radius 2 is 1.39 bits per heavy atom. The third-order valence-electron chi connectivity index (χ3n) is 6.00. The van der Waals surface area contributed by atoms with E-state index in [0.717, 1.165) is 54.5 Å². The van der Waals surface area contributed by atoms with Crippen molar-refractivity contribution >= 4 is 81.7 Å². The molecule has 0 unspecified atom stereocenters. The first-order valence-electron chi connectivity index (χ1n) is 10.9. The zero-order chi connectivity index (χ0) is 21.3. The molecule has 0 aromatic carbocycles. The van der Waals surface area contributed by atoms with Gasteiger partial charge in [-0.3, -0.25) is 0 Å². The summed E-state index contributed by atoms with van der Waals surface area (Å²) in [6.45, 7) is 2.12. The predicted octanol–water partition coefficient (Wildman–Crippen LogP) is 6.02. The van der Waals surface area contributed by atoms with E-state index in [2.05, 4.69) is 65.0 Å². The Balaban J connectivity index is 0.00000114. The maximum atomic E-state index is 4.62. The van der Waals surface area contributed by atoms with Crippen molar-refractivity contribution in [1.29, 1.82) is 0 Å². The lowest BCUT2D eigenvalue weighted by Crippen LogP contribution is -2.14. The van der Waals surface area contributed by atoms with Gasteiger partial charge in [-0.1, -0.05) is 5.92 Å². The second-order valence-corrected chi connectivity index (χ2v) is 9.88. The number of thiophene rings is 2. The minimum absolute atomic E-state index is 0. The Labute approximate surface area is 242 Å². The number of halogens is 4. The normalized spacial score (nSPS) is 18.0. The van der Waals surface area contributed by atoms with Gasteiger partial charge < -0.3 is 20.6 Å². The molecule has 12 heteroatoms. The smallest absolute Gasteiger partial charge is 0.124 e. The molecule has 0 spiro atoms. The highest BCUT2D eigenvalue weighted by molar-refractivity contribution is 7.27. The van der Waals surface area contributed by atoms with Crippen molar-refractivity contribution in [2.24, 2.45) is 0 Å². The molecule has 2 aliphatic rings. The molecule has 6 heterocycles. The zero-order valence-electron chi connectivity index (χ0n) is 19.1. The minimum Gasteiger partial charge on any atom is -0.341 e. The van der Waals surface area contributed by atoms with Crippen LogP contribution in [0.5, 0.6) is 0 Å². The quantitative estimate of drug-likeness (QED) is 0.216. The fraction of sp³-hybridized carbons (Fsp3) is 0.333. The molecule has 2 fully saturated rings. The molecule has 0 bridgehead atoms. The number of hydrogen-bond donors (Lipinski definition) is 4. The molecular formula is C24H26Cl4N6S2. The van der Waals surface area contributed by atoms with Crippen molar-refractivity contribution in [3.05, 3.63) is 46.1 Å². The van der Waals surface area contributed by atoms with Gasteiger partial charge in [-0.2, -0.15) is 0 Å². The second-order valence-electron chi connectivity index (χ2n) is 8.12. The first kappa shape index (κ1) is 30.5. The molecule has 6 nitrogen and oxygen atoms in total. The van der Waals surface area contributed by atoms with Crippen molar-refractivity contribution in [3.8, 4) is 34.9 Å². The lowest BCUT2D eigenvalue weighted by Gasteiger charge is -2.05. The van der Waals surface area contributed by atoms with Crippen LogP contribution < -0.4 is 10.6 Å². The van der Waals surface area contributed by atoms with Crippen LogP contribution in [0, 0.1) is 23.7 Å². The van der Waals surface area contributed by atoms with Gasteiger partial charge in [0.15, 0.2) is 0 Å². The van der Waals surface area contributed by atoms with E-state index in [9.17, 15) is 0 Å². The Bertz CT molecular complexity index is 1390. The van der Waals surface area contributed by atoms with Crippen molar-refractivity contribution in [2.75, 3.05) is 13.1 Å². The Hall–Kier alpha value is -1.72. The number of H-pyrrole nitrogens is 2. The van der Waals surface area contributed by atoms with Gasteiger partial charge in [-0.25, -0.2) is 9.97 Å². The topological polar surface area (TPSA) is 81.4 Å². The summed E-state index contributed by atoms with van der Waals surface area (Å²) in [7, 11) is 0. The highest BCUT2D eigenvalue weighted by Crippen LogP contribution is 2.39. The Morgan fingerprint density at radius 3 is 2.08 bits per heavy atom. The number of hydrogen-bond acceptors (Lipinski definition) is 6. The standard InChI is InChI=1S/C24H22N6S2.4ClH/c1(2-6-16-11-27-23(29-16)18-7-3-9-25-18)5-15-13-31-22-17(14-32-21(15)22)20-12-28-24(30-20)19-8-4-10-26-19;;;;/h11-14,18-19,25-26H,3-4,7-10H2,(H,27,29)(H,28,30);4*1H/t18-,19-;;;;/m0..../s1. The summed E-state index contributed by atoms with van der Waals surface area (Å²) in [5, 5.41) is 11.3. The van der Waals surface area contributed by atoms with E-state index in [1.807, 2.05) is 6.20 Å². The molecule has 4 N–H and O–H groups in total. The number of fused-ring (bicyclic) bond motifs is 1. The van der Waals surface area contributed by atoms with E-state index in [0.29, 0.717) is 12.1 Å². The summed E-state index contributed by atoms with van der Waals surface area (Å²) < 4.78 is 2.47. The van der Waals surface area contributed by atoms with Gasteiger partial charge in [0.2, 0.25) is 0 Å². The lowest BCUT2D eigenvalue weighted by atomic mass is 10.2. The van der Waals surface area contributed by atoms with E-state index in [-0.39, 0.29) is 49.6 Å². The van der Waals surface area contributed by atoms with Crippen LogP contribution in [0.3, 0.4) is 0 Å². The van der Waals surface area contributed by atoms with Crippen LogP contribution in [-0.2, 0) is 0 Å². The fourth-order valence-electron chi connectivity index (χ4n) is 4.35. The van der Waals surface area contributed by atoms with E-state index < -0.39 is 0 Å². The predicted molar refractivity (Wildman–Crippen MR) is 159 cm³/mol. The lowest BCUT2D eigenvalue weighted by molar-refractivity contribution is 0.612. The minimum atomic E-state index is 0. The van der Waals surface area contributed by atoms with Crippen molar-refractivity contribution in [2.45, 2.75) is 37.8 Å². The van der Waals surface area contributed by atoms with Gasteiger partial charge in [0, 0.05) is 16.3 Å². The largest absolute Gasteiger partial charge is 0.341 e. The van der Waals surface area contributed by atoms with Crippen LogP contribution in [0.2, 0.25) is 0 Å². The number of aromatic nitrogens is 4. The molecule has 192 valence electrons. The van der Waals surface area contributed by atoms with Gasteiger partial charge in [-0.05, 0) is 56.5 Å². The molecule has 2 aliphatic heterocycles. The van der Waals surface area contributed by atoms with E-state index in [1.54, 1.807) is 28.9 Å². The second kappa shape index (κ2) is 13.7. The van der Waals surface area contributed by atoms with Crippen molar-refractivity contribution < 1.29 is 0 Å². The molecule has 6 rings (SSSR count). The SMILES string of the molecule is C(C#Cc1csc2c(-c3cnc([C@@H]4CCCN4)[nH]3)csc12)#Cc1cnc([C@@H]2CCCN2)[nH]1.Cl.Cl.Cl.Cl. The Kier molecular flexibility index (Phi) is 11.6. The summed E-state index contributed by atoms with van der Waals surface area (Å²) in [5.41, 5.74) is 4.13. The van der Waals surface area contributed by atoms with Crippen LogP contribution >= 0.6 is 72.3 Å². The first-order chi connectivity index (χ1) is 15.8. The molecule has 36 heavy (non-hydrogen) atoms. The number of nitrogens with zero attached hydrogens (tertiary/aromatic N) is 2. The van der Waals surface area contributed by atoms with Crippen LogP contribution in [0.1, 0.15) is 60.7 Å². The highest BCUT2D eigenvalue weighted by atomic mass is 35.5. The molecule has 0 amide bonds. The van der Waals surface area contributed by atoms with Gasteiger partial charge in [0.05, 0.1) is 45.1 Å². The zero-order valence-corrected chi connectivity index (χ0v) is 23.9. The van der Waals surface area contributed by atoms with E-state index in [1.165, 1.54) is 27.8 Å². The number of imidazole rings is 2.